The van der Waals surface area contributed by atoms with Crippen molar-refractivity contribution in [2.45, 2.75) is 19.8 Å². The number of ether oxygens (including phenoxy) is 1. The molecule has 0 aliphatic carbocycles. The van der Waals surface area contributed by atoms with Crippen LogP contribution in [0.2, 0.25) is 0 Å². The molecule has 0 saturated carbocycles. The topological polar surface area (TPSA) is 95.0 Å². The third-order valence-corrected chi connectivity index (χ3v) is 5.59. The normalized spacial score (nSPS) is 11.5. The van der Waals surface area contributed by atoms with Crippen LogP contribution in [0.25, 0.3) is 17.0 Å². The minimum absolute atomic E-state index is 0.0555. The predicted molar refractivity (Wildman–Crippen MR) is 110 cm³/mol. The van der Waals surface area contributed by atoms with Crippen LogP contribution in [0, 0.1) is 11.3 Å². The van der Waals surface area contributed by atoms with E-state index in [1.54, 1.807) is 12.3 Å². The molecule has 3 rings (SSSR count). The smallest absolute Gasteiger partial charge is 0.340 e. The van der Waals surface area contributed by atoms with Crippen molar-refractivity contribution in [3.05, 3.63) is 58.1 Å². The molecule has 7 heteroatoms. The zero-order valence-corrected chi connectivity index (χ0v) is 16.5. The van der Waals surface area contributed by atoms with Gasteiger partial charge in [0.2, 0.25) is 0 Å². The number of methoxy groups -OCH3 is 1. The fourth-order valence-corrected chi connectivity index (χ4v) is 3.78. The third-order valence-electron chi connectivity index (χ3n) is 4.24. The first-order chi connectivity index (χ1) is 13.4. The highest BCUT2D eigenvalue weighted by Crippen LogP contribution is 2.33. The second-order valence-electron chi connectivity index (χ2n) is 6.45. The molecule has 0 spiro atoms. The van der Waals surface area contributed by atoms with E-state index in [2.05, 4.69) is 10.3 Å². The lowest BCUT2D eigenvalue weighted by Crippen LogP contribution is -2.15. The Morgan fingerprint density at radius 3 is 2.75 bits per heavy atom. The number of thiophene rings is 1. The molecule has 0 saturated heterocycles. The Hall–Kier alpha value is -3.37. The average molecular weight is 393 g/mol. The van der Waals surface area contributed by atoms with Crippen LogP contribution in [-0.2, 0) is 9.53 Å². The third kappa shape index (κ3) is 3.82. The number of aromatic amines is 1. The molecule has 1 aromatic carbocycles. The van der Waals surface area contributed by atoms with Gasteiger partial charge in [0.25, 0.3) is 5.91 Å². The number of carbonyl (C=O) groups excluding carboxylic acids is 2. The fourth-order valence-electron chi connectivity index (χ4n) is 2.74. The fraction of sp³-hybridized carbons (Fsp3) is 0.190. The van der Waals surface area contributed by atoms with Gasteiger partial charge in [-0.05, 0) is 24.1 Å². The standard InChI is InChI=1S/C21H19N3O3S/c1-12(2)18-9-16(21(26)27-3)20(28-18)24-19(25)13(10-22)8-14-11-23-17-7-5-4-6-15(14)17/h4-9,11-12,23H,1-3H3,(H,24,25). The Labute approximate surface area is 166 Å². The van der Waals surface area contributed by atoms with Crippen molar-refractivity contribution < 1.29 is 14.3 Å². The van der Waals surface area contributed by atoms with Crippen LogP contribution in [0.3, 0.4) is 0 Å². The van der Waals surface area contributed by atoms with Crippen LogP contribution in [0.5, 0.6) is 0 Å². The number of fused-ring (bicyclic) bond motifs is 1. The minimum Gasteiger partial charge on any atom is -0.465 e. The highest BCUT2D eigenvalue weighted by Gasteiger charge is 2.21. The summed E-state index contributed by atoms with van der Waals surface area (Å²) in [6.45, 7) is 3.99. The van der Waals surface area contributed by atoms with E-state index in [-0.39, 0.29) is 17.1 Å². The number of nitrogens with zero attached hydrogens (tertiary/aromatic N) is 1. The van der Waals surface area contributed by atoms with Gasteiger partial charge in [-0.25, -0.2) is 4.79 Å². The van der Waals surface area contributed by atoms with Crippen LogP contribution >= 0.6 is 11.3 Å². The summed E-state index contributed by atoms with van der Waals surface area (Å²) in [5, 5.41) is 13.5. The van der Waals surface area contributed by atoms with Gasteiger partial charge in [-0.2, -0.15) is 5.26 Å². The molecule has 2 aromatic heterocycles. The number of hydrogen-bond acceptors (Lipinski definition) is 5. The van der Waals surface area contributed by atoms with E-state index in [0.717, 1.165) is 21.3 Å². The van der Waals surface area contributed by atoms with Crippen molar-refractivity contribution in [2.24, 2.45) is 0 Å². The number of aromatic nitrogens is 1. The van der Waals surface area contributed by atoms with Crippen molar-refractivity contribution in [1.82, 2.24) is 4.98 Å². The van der Waals surface area contributed by atoms with Crippen molar-refractivity contribution in [2.75, 3.05) is 12.4 Å². The molecular formula is C21H19N3O3S. The first-order valence-electron chi connectivity index (χ1n) is 8.66. The maximum atomic E-state index is 12.7. The number of hydrogen-bond donors (Lipinski definition) is 2. The number of benzene rings is 1. The Morgan fingerprint density at radius 2 is 2.07 bits per heavy atom. The lowest BCUT2D eigenvalue weighted by molar-refractivity contribution is -0.112. The van der Waals surface area contributed by atoms with Gasteiger partial charge in [-0.1, -0.05) is 32.0 Å². The van der Waals surface area contributed by atoms with Crippen molar-refractivity contribution in [1.29, 1.82) is 5.26 Å². The molecule has 0 bridgehead atoms. The number of nitriles is 1. The summed E-state index contributed by atoms with van der Waals surface area (Å²) in [4.78, 5) is 28.8. The van der Waals surface area contributed by atoms with Gasteiger partial charge in [-0.15, -0.1) is 11.3 Å². The molecule has 0 radical (unpaired) electrons. The van der Waals surface area contributed by atoms with Gasteiger partial charge in [0.15, 0.2) is 0 Å². The Morgan fingerprint density at radius 1 is 1.32 bits per heavy atom. The number of H-pyrrole nitrogens is 1. The molecule has 0 unspecified atom stereocenters. The van der Waals surface area contributed by atoms with Gasteiger partial charge in [-0.3, -0.25) is 4.79 Å². The summed E-state index contributed by atoms with van der Waals surface area (Å²) < 4.78 is 4.80. The molecule has 28 heavy (non-hydrogen) atoms. The molecule has 0 aliphatic rings. The number of nitrogens with one attached hydrogen (secondary N) is 2. The highest BCUT2D eigenvalue weighted by atomic mass is 32.1. The van der Waals surface area contributed by atoms with Crippen LogP contribution < -0.4 is 5.32 Å². The first-order valence-corrected chi connectivity index (χ1v) is 9.47. The summed E-state index contributed by atoms with van der Waals surface area (Å²) in [5.41, 5.74) is 1.89. The first kappa shape index (κ1) is 19.4. The van der Waals surface area contributed by atoms with Crippen LogP contribution in [0.15, 0.2) is 42.1 Å². The van der Waals surface area contributed by atoms with E-state index >= 15 is 0 Å². The van der Waals surface area contributed by atoms with Crippen molar-refractivity contribution in [3.8, 4) is 6.07 Å². The van der Waals surface area contributed by atoms with E-state index < -0.39 is 11.9 Å². The summed E-state index contributed by atoms with van der Waals surface area (Å²) in [6, 6.07) is 11.3. The number of anilines is 1. The second-order valence-corrected chi connectivity index (χ2v) is 7.54. The Balaban J connectivity index is 1.93. The molecule has 0 fully saturated rings. The number of carbonyl (C=O) groups is 2. The molecule has 142 valence electrons. The van der Waals surface area contributed by atoms with Gasteiger partial charge < -0.3 is 15.0 Å². The van der Waals surface area contributed by atoms with Gasteiger partial charge in [0, 0.05) is 27.5 Å². The van der Waals surface area contributed by atoms with E-state index in [4.69, 9.17) is 4.74 Å². The average Bonchev–Trinajstić information content (AvgIpc) is 3.30. The van der Waals surface area contributed by atoms with Crippen LogP contribution in [0.4, 0.5) is 5.00 Å². The lowest BCUT2D eigenvalue weighted by Gasteiger charge is -2.04. The maximum absolute atomic E-state index is 12.7. The number of amides is 1. The summed E-state index contributed by atoms with van der Waals surface area (Å²) in [5.74, 6) is -0.913. The molecule has 0 aliphatic heterocycles. The van der Waals surface area contributed by atoms with E-state index in [1.165, 1.54) is 24.5 Å². The number of rotatable bonds is 5. The van der Waals surface area contributed by atoms with E-state index in [0.29, 0.717) is 5.00 Å². The van der Waals surface area contributed by atoms with Gasteiger partial charge in [0.05, 0.1) is 12.7 Å². The molecule has 3 aromatic rings. The molecule has 6 nitrogen and oxygen atoms in total. The minimum atomic E-state index is -0.574. The summed E-state index contributed by atoms with van der Waals surface area (Å²) in [7, 11) is 1.29. The molecule has 2 N–H and O–H groups in total. The molecular weight excluding hydrogens is 374 g/mol. The van der Waals surface area contributed by atoms with E-state index in [9.17, 15) is 14.9 Å². The Bertz CT molecular complexity index is 1120. The number of esters is 1. The highest BCUT2D eigenvalue weighted by molar-refractivity contribution is 7.16. The number of para-hydroxylation sites is 1. The quantitative estimate of drug-likeness (QED) is 0.374. The van der Waals surface area contributed by atoms with Gasteiger partial charge >= 0.3 is 5.97 Å². The van der Waals surface area contributed by atoms with E-state index in [1.807, 2.05) is 44.2 Å². The summed E-state index contributed by atoms with van der Waals surface area (Å²) >= 11 is 1.30. The largest absolute Gasteiger partial charge is 0.465 e. The van der Waals surface area contributed by atoms with Crippen molar-refractivity contribution in [3.63, 3.8) is 0 Å². The molecule has 2 heterocycles. The SMILES string of the molecule is COC(=O)c1cc(C(C)C)sc1NC(=O)C(C#N)=Cc1c[nH]c2ccccc12. The zero-order valence-electron chi connectivity index (χ0n) is 15.7. The maximum Gasteiger partial charge on any atom is 0.340 e. The van der Waals surface area contributed by atoms with Crippen LogP contribution in [0.1, 0.15) is 40.6 Å². The lowest BCUT2D eigenvalue weighted by atomic mass is 10.1. The van der Waals surface area contributed by atoms with Crippen LogP contribution in [-0.4, -0.2) is 24.0 Å². The monoisotopic (exact) mass is 393 g/mol. The predicted octanol–water partition coefficient (Wildman–Crippen LogP) is 4.69. The van der Waals surface area contributed by atoms with Gasteiger partial charge in [0.1, 0.15) is 16.6 Å². The second kappa shape index (κ2) is 8.11. The Kier molecular flexibility index (Phi) is 5.62. The summed E-state index contributed by atoms with van der Waals surface area (Å²) in [6.07, 6.45) is 3.28. The zero-order chi connectivity index (χ0) is 20.3. The molecule has 0 atom stereocenters. The molecule has 1 amide bonds. The van der Waals surface area contributed by atoms with Crippen molar-refractivity contribution >= 4 is 45.2 Å².